The Hall–Kier alpha value is -1.96. The van der Waals surface area contributed by atoms with E-state index in [1.54, 1.807) is 7.11 Å². The van der Waals surface area contributed by atoms with E-state index < -0.39 is 0 Å². The highest BCUT2D eigenvalue weighted by molar-refractivity contribution is 5.41. The van der Waals surface area contributed by atoms with Gasteiger partial charge >= 0.3 is 0 Å². The van der Waals surface area contributed by atoms with Crippen molar-refractivity contribution < 1.29 is 9.47 Å². The Balaban J connectivity index is 2.14. The number of rotatable bonds is 7. The monoisotopic (exact) mass is 298 g/mol. The largest absolute Gasteiger partial charge is 0.497 e. The lowest BCUT2D eigenvalue weighted by Gasteiger charge is -2.26. The third-order valence-corrected chi connectivity index (χ3v) is 4.15. The summed E-state index contributed by atoms with van der Waals surface area (Å²) in [7, 11) is 1.69. The summed E-state index contributed by atoms with van der Waals surface area (Å²) in [4.78, 5) is 0. The molecule has 0 N–H and O–H groups in total. The summed E-state index contributed by atoms with van der Waals surface area (Å²) in [5.74, 6) is 1.84. The summed E-state index contributed by atoms with van der Waals surface area (Å²) in [6, 6.07) is 16.7. The van der Waals surface area contributed by atoms with Crippen molar-refractivity contribution in [1.29, 1.82) is 0 Å². The predicted octanol–water partition coefficient (Wildman–Crippen LogP) is 5.20. The number of hydrogen-bond donors (Lipinski definition) is 0. The van der Waals surface area contributed by atoms with Gasteiger partial charge in [0.1, 0.15) is 11.5 Å². The molecule has 0 bridgehead atoms. The molecule has 2 aromatic carbocycles. The highest BCUT2D eigenvalue weighted by Gasteiger charge is 2.23. The predicted molar refractivity (Wildman–Crippen MR) is 92.0 cm³/mol. The minimum absolute atomic E-state index is 0.0474. The summed E-state index contributed by atoms with van der Waals surface area (Å²) < 4.78 is 11.0. The smallest absolute Gasteiger partial charge is 0.119 e. The van der Waals surface area contributed by atoms with Gasteiger partial charge in [-0.25, -0.2) is 0 Å². The van der Waals surface area contributed by atoms with E-state index in [9.17, 15) is 0 Å². The highest BCUT2D eigenvalue weighted by Crippen LogP contribution is 2.33. The van der Waals surface area contributed by atoms with Crippen LogP contribution in [0.3, 0.4) is 0 Å². The zero-order valence-corrected chi connectivity index (χ0v) is 14.1. The number of ether oxygens (including phenoxy) is 2. The van der Waals surface area contributed by atoms with Crippen LogP contribution in [0, 0.1) is 0 Å². The van der Waals surface area contributed by atoms with Gasteiger partial charge in [-0.15, -0.1) is 0 Å². The molecule has 0 aliphatic rings. The van der Waals surface area contributed by atoms with E-state index in [0.29, 0.717) is 0 Å². The summed E-state index contributed by atoms with van der Waals surface area (Å²) in [6.45, 7) is 7.44. The average molecular weight is 298 g/mol. The van der Waals surface area contributed by atoms with E-state index in [4.69, 9.17) is 9.47 Å². The molecule has 2 rings (SSSR count). The molecule has 2 aromatic rings. The van der Waals surface area contributed by atoms with E-state index in [2.05, 4.69) is 57.2 Å². The Morgan fingerprint density at radius 1 is 0.818 bits per heavy atom. The van der Waals surface area contributed by atoms with Gasteiger partial charge in [0, 0.05) is 5.41 Å². The van der Waals surface area contributed by atoms with Crippen molar-refractivity contribution in [2.45, 2.75) is 39.0 Å². The zero-order valence-electron chi connectivity index (χ0n) is 14.1. The first kappa shape index (κ1) is 16.4. The molecule has 0 saturated heterocycles. The molecule has 0 saturated carbocycles. The van der Waals surface area contributed by atoms with Crippen LogP contribution in [0.5, 0.6) is 11.5 Å². The molecular formula is C20H26O2. The number of methoxy groups -OCH3 is 1. The molecule has 0 spiro atoms. The van der Waals surface area contributed by atoms with Gasteiger partial charge in [0.25, 0.3) is 0 Å². The third kappa shape index (κ3) is 3.82. The maximum absolute atomic E-state index is 5.73. The molecule has 0 aliphatic carbocycles. The molecule has 0 amide bonds. The van der Waals surface area contributed by atoms with E-state index in [1.807, 2.05) is 12.1 Å². The Bertz CT molecular complexity index is 568. The minimum atomic E-state index is -0.0474. The second-order valence-electron chi connectivity index (χ2n) is 6.08. The minimum Gasteiger partial charge on any atom is -0.497 e. The fraction of sp³-hybridized carbons (Fsp3) is 0.400. The van der Waals surface area contributed by atoms with Gasteiger partial charge in [-0.05, 0) is 41.8 Å². The van der Waals surface area contributed by atoms with Crippen molar-refractivity contribution in [2.75, 3.05) is 13.7 Å². The van der Waals surface area contributed by atoms with E-state index >= 15 is 0 Å². The van der Waals surface area contributed by atoms with Crippen molar-refractivity contribution in [2.24, 2.45) is 0 Å². The van der Waals surface area contributed by atoms with Crippen LogP contribution in [-0.2, 0) is 5.41 Å². The van der Waals surface area contributed by atoms with Gasteiger partial charge in [0.05, 0.1) is 13.7 Å². The Morgan fingerprint density at radius 2 is 1.32 bits per heavy atom. The fourth-order valence-corrected chi connectivity index (χ4v) is 2.48. The van der Waals surface area contributed by atoms with Crippen LogP contribution in [0.1, 0.15) is 44.7 Å². The lowest BCUT2D eigenvalue weighted by atomic mass is 9.78. The fourth-order valence-electron chi connectivity index (χ4n) is 2.48. The van der Waals surface area contributed by atoms with E-state index in [1.165, 1.54) is 11.1 Å². The molecule has 0 aromatic heterocycles. The normalized spacial score (nSPS) is 11.3. The molecule has 2 heteroatoms. The Morgan fingerprint density at radius 3 is 1.77 bits per heavy atom. The number of hydrogen-bond acceptors (Lipinski definition) is 2. The van der Waals surface area contributed by atoms with Crippen LogP contribution in [-0.4, -0.2) is 13.7 Å². The van der Waals surface area contributed by atoms with Gasteiger partial charge in [-0.2, -0.15) is 0 Å². The van der Waals surface area contributed by atoms with Gasteiger partial charge in [-0.3, -0.25) is 0 Å². The molecule has 0 atom stereocenters. The molecule has 0 fully saturated rings. The third-order valence-electron chi connectivity index (χ3n) is 4.15. The van der Waals surface area contributed by atoms with Gasteiger partial charge < -0.3 is 9.47 Å². The maximum atomic E-state index is 5.73. The van der Waals surface area contributed by atoms with Crippen molar-refractivity contribution in [3.63, 3.8) is 0 Å². The van der Waals surface area contributed by atoms with E-state index in [0.717, 1.165) is 30.9 Å². The average Bonchev–Trinajstić information content (AvgIpc) is 2.55. The first-order valence-electron chi connectivity index (χ1n) is 7.96. The van der Waals surface area contributed by atoms with Crippen molar-refractivity contribution in [3.8, 4) is 11.5 Å². The summed E-state index contributed by atoms with van der Waals surface area (Å²) >= 11 is 0. The Labute approximate surface area is 134 Å². The quantitative estimate of drug-likeness (QED) is 0.654. The topological polar surface area (TPSA) is 18.5 Å². The van der Waals surface area contributed by atoms with Crippen molar-refractivity contribution in [3.05, 3.63) is 59.7 Å². The SMILES string of the molecule is CCCCOc1ccc(C(C)(C)c2ccc(OC)cc2)cc1. The molecule has 118 valence electrons. The van der Waals surface area contributed by atoms with Crippen molar-refractivity contribution in [1.82, 2.24) is 0 Å². The second kappa shape index (κ2) is 7.35. The highest BCUT2D eigenvalue weighted by atomic mass is 16.5. The summed E-state index contributed by atoms with van der Waals surface area (Å²) in [6.07, 6.45) is 2.25. The van der Waals surface area contributed by atoms with Crippen LogP contribution in [0.25, 0.3) is 0 Å². The van der Waals surface area contributed by atoms with Crippen molar-refractivity contribution >= 4 is 0 Å². The van der Waals surface area contributed by atoms with Crippen LogP contribution < -0.4 is 9.47 Å². The van der Waals surface area contributed by atoms with Crippen LogP contribution in [0.4, 0.5) is 0 Å². The lowest BCUT2D eigenvalue weighted by molar-refractivity contribution is 0.309. The first-order valence-corrected chi connectivity index (χ1v) is 7.96. The molecule has 0 heterocycles. The zero-order chi connectivity index (χ0) is 16.0. The first-order chi connectivity index (χ1) is 10.6. The maximum Gasteiger partial charge on any atom is 0.119 e. The molecule has 0 radical (unpaired) electrons. The molecule has 2 nitrogen and oxygen atoms in total. The molecule has 0 unspecified atom stereocenters. The number of unbranched alkanes of at least 4 members (excludes halogenated alkanes) is 1. The lowest BCUT2D eigenvalue weighted by Crippen LogP contribution is -2.18. The molecule has 22 heavy (non-hydrogen) atoms. The second-order valence-corrected chi connectivity index (χ2v) is 6.08. The van der Waals surface area contributed by atoms with Crippen LogP contribution in [0.15, 0.2) is 48.5 Å². The molecular weight excluding hydrogens is 272 g/mol. The molecule has 0 aliphatic heterocycles. The Kier molecular flexibility index (Phi) is 5.48. The van der Waals surface area contributed by atoms with Crippen LogP contribution in [0.2, 0.25) is 0 Å². The number of benzene rings is 2. The van der Waals surface area contributed by atoms with Crippen LogP contribution >= 0.6 is 0 Å². The van der Waals surface area contributed by atoms with Gasteiger partial charge in [0.15, 0.2) is 0 Å². The van der Waals surface area contributed by atoms with Gasteiger partial charge in [-0.1, -0.05) is 51.5 Å². The summed E-state index contributed by atoms with van der Waals surface area (Å²) in [5.41, 5.74) is 2.50. The standard InChI is InChI=1S/C20H26O2/c1-5-6-15-22-19-13-9-17(10-14-19)20(2,3)16-7-11-18(21-4)12-8-16/h7-14H,5-6,15H2,1-4H3. The summed E-state index contributed by atoms with van der Waals surface area (Å²) in [5, 5.41) is 0. The van der Waals surface area contributed by atoms with Gasteiger partial charge in [0.2, 0.25) is 0 Å². The van der Waals surface area contributed by atoms with E-state index in [-0.39, 0.29) is 5.41 Å².